The first kappa shape index (κ1) is 21.8. The van der Waals surface area contributed by atoms with E-state index in [9.17, 15) is 13.2 Å². The molecule has 0 unspecified atom stereocenters. The zero-order valence-corrected chi connectivity index (χ0v) is 17.8. The molecule has 0 saturated carbocycles. The highest BCUT2D eigenvalue weighted by molar-refractivity contribution is 7.89. The van der Waals surface area contributed by atoms with Crippen molar-refractivity contribution >= 4 is 22.1 Å². The summed E-state index contributed by atoms with van der Waals surface area (Å²) in [7, 11) is -0.736. The number of carbonyl (C=O) groups is 1. The number of rotatable bonds is 7. The number of nitrogens with one attached hydrogen (secondary N) is 1. The van der Waals surface area contributed by atoms with E-state index in [1.165, 1.54) is 30.7 Å². The molecule has 0 spiro atoms. The smallest absolute Gasteiger partial charge is 0.243 e. The molecule has 8 nitrogen and oxygen atoms in total. The fourth-order valence-corrected chi connectivity index (χ4v) is 4.77. The van der Waals surface area contributed by atoms with Crippen molar-refractivity contribution in [1.29, 1.82) is 0 Å². The van der Waals surface area contributed by atoms with E-state index in [4.69, 9.17) is 9.47 Å². The Labute approximate surface area is 176 Å². The molecule has 9 heteroatoms. The van der Waals surface area contributed by atoms with E-state index in [1.54, 1.807) is 12.3 Å². The molecule has 0 atom stereocenters. The van der Waals surface area contributed by atoms with Crippen LogP contribution in [0.25, 0.3) is 0 Å². The summed E-state index contributed by atoms with van der Waals surface area (Å²) in [6, 6.07) is 13.9. The first-order valence-corrected chi connectivity index (χ1v) is 11.0. The van der Waals surface area contributed by atoms with Gasteiger partial charge in [0.1, 0.15) is 0 Å². The highest BCUT2D eigenvalue weighted by Gasteiger charge is 2.32. The minimum absolute atomic E-state index is 0.135. The van der Waals surface area contributed by atoms with Gasteiger partial charge in [-0.2, -0.15) is 9.41 Å². The SMILES string of the molecule is COc1ccc(S(=O)(=O)N2CCC(C(=O)N/N=C\c3ccccc3)CC2)cc1OC. The van der Waals surface area contributed by atoms with Gasteiger partial charge >= 0.3 is 0 Å². The zero-order chi connectivity index (χ0) is 21.6. The summed E-state index contributed by atoms with van der Waals surface area (Å²) < 4.78 is 37.7. The summed E-state index contributed by atoms with van der Waals surface area (Å²) in [5.41, 5.74) is 3.43. The van der Waals surface area contributed by atoms with Gasteiger partial charge < -0.3 is 9.47 Å². The highest BCUT2D eigenvalue weighted by atomic mass is 32.2. The lowest BCUT2D eigenvalue weighted by Crippen LogP contribution is -2.42. The molecule has 1 aliphatic rings. The molecule has 0 bridgehead atoms. The Hall–Kier alpha value is -2.91. The maximum atomic E-state index is 13.0. The third-order valence-corrected chi connectivity index (χ3v) is 6.90. The number of hydrazone groups is 1. The number of nitrogens with zero attached hydrogens (tertiary/aromatic N) is 2. The molecule has 1 aliphatic heterocycles. The van der Waals surface area contributed by atoms with E-state index in [-0.39, 0.29) is 29.8 Å². The van der Waals surface area contributed by atoms with E-state index in [1.807, 2.05) is 30.3 Å². The second kappa shape index (κ2) is 9.73. The van der Waals surface area contributed by atoms with Gasteiger partial charge in [-0.3, -0.25) is 4.79 Å². The van der Waals surface area contributed by atoms with Crippen LogP contribution in [0.5, 0.6) is 11.5 Å². The Bertz CT molecular complexity index is 1000. The van der Waals surface area contributed by atoms with Crippen molar-refractivity contribution in [1.82, 2.24) is 9.73 Å². The third-order valence-electron chi connectivity index (χ3n) is 5.01. The van der Waals surface area contributed by atoms with Crippen LogP contribution in [-0.2, 0) is 14.8 Å². The molecule has 0 radical (unpaired) electrons. The van der Waals surface area contributed by atoms with Crippen LogP contribution < -0.4 is 14.9 Å². The number of methoxy groups -OCH3 is 2. The van der Waals surface area contributed by atoms with E-state index < -0.39 is 10.0 Å². The van der Waals surface area contributed by atoms with Crippen molar-refractivity contribution in [3.63, 3.8) is 0 Å². The van der Waals surface area contributed by atoms with Gasteiger partial charge in [-0.15, -0.1) is 0 Å². The molecular weight excluding hydrogens is 406 g/mol. The number of carbonyl (C=O) groups excluding carboxylic acids is 1. The van der Waals surface area contributed by atoms with Crippen LogP contribution in [0.3, 0.4) is 0 Å². The largest absolute Gasteiger partial charge is 0.493 e. The van der Waals surface area contributed by atoms with Gasteiger partial charge in [0.15, 0.2) is 11.5 Å². The number of piperidine rings is 1. The van der Waals surface area contributed by atoms with Crippen molar-refractivity contribution in [2.45, 2.75) is 17.7 Å². The lowest BCUT2D eigenvalue weighted by Gasteiger charge is -2.30. The van der Waals surface area contributed by atoms with E-state index in [2.05, 4.69) is 10.5 Å². The number of ether oxygens (including phenoxy) is 2. The zero-order valence-electron chi connectivity index (χ0n) is 16.9. The third kappa shape index (κ3) is 4.98. The Kier molecular flexibility index (Phi) is 7.07. The van der Waals surface area contributed by atoms with Crippen LogP contribution in [0.4, 0.5) is 0 Å². The molecule has 3 rings (SSSR count). The lowest BCUT2D eigenvalue weighted by atomic mass is 9.98. The monoisotopic (exact) mass is 431 g/mol. The fourth-order valence-electron chi connectivity index (χ4n) is 3.29. The summed E-state index contributed by atoms with van der Waals surface area (Å²) in [6.45, 7) is 0.522. The first-order chi connectivity index (χ1) is 14.5. The number of amides is 1. The van der Waals surface area contributed by atoms with Gasteiger partial charge in [-0.05, 0) is 30.5 Å². The summed E-state index contributed by atoms with van der Waals surface area (Å²) in [5.74, 6) is 0.326. The minimum Gasteiger partial charge on any atom is -0.493 e. The van der Waals surface area contributed by atoms with Crippen molar-refractivity contribution in [3.8, 4) is 11.5 Å². The molecule has 2 aromatic carbocycles. The average molecular weight is 432 g/mol. The van der Waals surface area contributed by atoms with E-state index >= 15 is 0 Å². The first-order valence-electron chi connectivity index (χ1n) is 9.56. The molecule has 1 heterocycles. The van der Waals surface area contributed by atoms with Crippen molar-refractivity contribution in [2.75, 3.05) is 27.3 Å². The molecule has 0 aliphatic carbocycles. The molecule has 160 valence electrons. The van der Waals surface area contributed by atoms with Gasteiger partial charge in [0, 0.05) is 25.1 Å². The van der Waals surface area contributed by atoms with Crippen LogP contribution >= 0.6 is 0 Å². The maximum Gasteiger partial charge on any atom is 0.243 e. The Morgan fingerprint density at radius 3 is 2.37 bits per heavy atom. The van der Waals surface area contributed by atoms with Crippen LogP contribution in [0, 0.1) is 5.92 Å². The second-order valence-corrected chi connectivity index (χ2v) is 8.78. The number of sulfonamides is 1. The Morgan fingerprint density at radius 2 is 1.73 bits per heavy atom. The number of hydrogen-bond acceptors (Lipinski definition) is 6. The van der Waals surface area contributed by atoms with Crippen LogP contribution in [-0.4, -0.2) is 52.2 Å². The van der Waals surface area contributed by atoms with Crippen LogP contribution in [0.1, 0.15) is 18.4 Å². The van der Waals surface area contributed by atoms with Gasteiger partial charge in [0.05, 0.1) is 25.3 Å². The predicted molar refractivity (Wildman–Crippen MR) is 113 cm³/mol. The fraction of sp³-hybridized carbons (Fsp3) is 0.333. The molecule has 1 fully saturated rings. The van der Waals surface area contributed by atoms with Crippen molar-refractivity contribution in [3.05, 3.63) is 54.1 Å². The normalized spacial score (nSPS) is 15.8. The molecule has 0 aromatic heterocycles. The summed E-state index contributed by atoms with van der Waals surface area (Å²) >= 11 is 0. The quantitative estimate of drug-likeness (QED) is 0.536. The summed E-state index contributed by atoms with van der Waals surface area (Å²) in [6.07, 6.45) is 2.44. The van der Waals surface area contributed by atoms with Gasteiger partial charge in [-0.25, -0.2) is 13.8 Å². The van der Waals surface area contributed by atoms with Gasteiger partial charge in [0.25, 0.3) is 0 Å². The lowest BCUT2D eigenvalue weighted by molar-refractivity contribution is -0.126. The Morgan fingerprint density at radius 1 is 1.07 bits per heavy atom. The van der Waals surface area contributed by atoms with Crippen molar-refractivity contribution in [2.24, 2.45) is 11.0 Å². The molecular formula is C21H25N3O5S. The summed E-state index contributed by atoms with van der Waals surface area (Å²) in [4.78, 5) is 12.5. The second-order valence-electron chi connectivity index (χ2n) is 6.84. The standard InChI is InChI=1S/C21H25N3O5S/c1-28-19-9-8-18(14-20(19)29-2)30(26,27)24-12-10-17(11-13-24)21(25)23-22-15-16-6-4-3-5-7-16/h3-9,14-15,17H,10-13H2,1-2H3,(H,23,25)/b22-15-. The maximum absolute atomic E-state index is 13.0. The number of hydrogen-bond donors (Lipinski definition) is 1. The van der Waals surface area contributed by atoms with Gasteiger partial charge in [-0.1, -0.05) is 30.3 Å². The van der Waals surface area contributed by atoms with Crippen LogP contribution in [0.15, 0.2) is 58.5 Å². The molecule has 1 saturated heterocycles. The summed E-state index contributed by atoms with van der Waals surface area (Å²) in [5, 5.41) is 3.99. The van der Waals surface area contributed by atoms with Crippen molar-refractivity contribution < 1.29 is 22.7 Å². The molecule has 1 N–H and O–H groups in total. The average Bonchev–Trinajstić information content (AvgIpc) is 2.79. The van der Waals surface area contributed by atoms with E-state index in [0.29, 0.717) is 24.3 Å². The minimum atomic E-state index is -3.69. The Balaban J connectivity index is 1.59. The highest BCUT2D eigenvalue weighted by Crippen LogP contribution is 2.31. The molecule has 30 heavy (non-hydrogen) atoms. The predicted octanol–water partition coefficient (Wildman–Crippen LogP) is 2.25. The van der Waals surface area contributed by atoms with E-state index in [0.717, 1.165) is 5.56 Å². The van der Waals surface area contributed by atoms with Gasteiger partial charge in [0.2, 0.25) is 15.9 Å². The van der Waals surface area contributed by atoms with Crippen LogP contribution in [0.2, 0.25) is 0 Å². The number of benzene rings is 2. The topological polar surface area (TPSA) is 97.3 Å². The molecule has 1 amide bonds. The molecule has 2 aromatic rings.